The maximum absolute atomic E-state index is 13.1. The van der Waals surface area contributed by atoms with Gasteiger partial charge in [0.1, 0.15) is 40.2 Å². The molecule has 6 nitrogen and oxygen atoms in total. The fourth-order valence-electron chi connectivity index (χ4n) is 5.54. The van der Waals surface area contributed by atoms with Crippen LogP contribution in [0.4, 0.5) is 0 Å². The first kappa shape index (κ1) is 49.1. The summed E-state index contributed by atoms with van der Waals surface area (Å²) in [6.45, 7) is 2.03. The van der Waals surface area contributed by atoms with E-state index in [4.69, 9.17) is 18.9 Å². The fourth-order valence-corrected chi connectivity index (χ4v) is 5.54. The minimum Gasteiger partial charge on any atom is -0.497 e. The lowest BCUT2D eigenvalue weighted by molar-refractivity contribution is 0.103. The highest BCUT2D eigenvalue weighted by atomic mass is 16.5. The van der Waals surface area contributed by atoms with E-state index < -0.39 is 0 Å². The van der Waals surface area contributed by atoms with Crippen LogP contribution in [0.1, 0.15) is 82.0 Å². The fraction of sp³-hybridized carbons (Fsp3) is 0.154. The van der Waals surface area contributed by atoms with Crippen LogP contribution in [0.3, 0.4) is 0 Å². The van der Waals surface area contributed by atoms with Crippen LogP contribution >= 0.6 is 0 Å². The molecule has 0 bridgehead atoms. The summed E-state index contributed by atoms with van der Waals surface area (Å²) < 4.78 is 23.1. The van der Waals surface area contributed by atoms with E-state index in [0.29, 0.717) is 56.8 Å². The van der Waals surface area contributed by atoms with Gasteiger partial charge in [0.15, 0.2) is 11.6 Å². The molecular formula is C52H58O6. The third-order valence-corrected chi connectivity index (χ3v) is 8.47. The summed E-state index contributed by atoms with van der Waals surface area (Å²) in [6.07, 6.45) is 0. The number of aryl methyl sites for hydroxylation is 1. The first-order chi connectivity index (χ1) is 25.4. The van der Waals surface area contributed by atoms with Crippen LogP contribution in [0.15, 0.2) is 170 Å². The second kappa shape index (κ2) is 22.6. The van der Waals surface area contributed by atoms with Gasteiger partial charge in [-0.25, -0.2) is 0 Å². The van der Waals surface area contributed by atoms with E-state index in [1.807, 2.05) is 79.7 Å². The Kier molecular flexibility index (Phi) is 19.1. The Morgan fingerprint density at radius 2 is 0.517 bits per heavy atom. The topological polar surface area (TPSA) is 71.1 Å². The zero-order chi connectivity index (χ0) is 35.9. The first-order valence-electron chi connectivity index (χ1n) is 16.7. The standard InChI is InChI=1S/C46H34O6.6CH4/c1-31-3-17-39(18-4-31)50-42-25-11-36(12-26-42)46(48)37-15-29-44(30-16-37)52-41-23-7-33(8-24-41)32-5-21-40(22-6-32)51-43-27-13-35(14-28-43)45(47)34-9-19-38(49-2)20-10-34;;;;;;/h3-30H,1-2H3;6*1H4. The van der Waals surface area contributed by atoms with Crippen LogP contribution in [-0.2, 0) is 0 Å². The first-order valence-corrected chi connectivity index (χ1v) is 16.7. The SMILES string of the molecule is C.C.C.C.C.C.COc1ccc(C(=O)c2ccc(Oc3ccc(-c4ccc(Oc5ccc(C(=O)c6ccc(Oc7ccc(C)cc7)cc6)cc5)cc4)cc3)cc2)cc1. The monoisotopic (exact) mass is 778 g/mol. The lowest BCUT2D eigenvalue weighted by Gasteiger charge is -2.10. The number of rotatable bonds is 12. The molecule has 0 spiro atoms. The summed E-state index contributed by atoms with van der Waals surface area (Å²) in [5.41, 5.74) is 5.53. The summed E-state index contributed by atoms with van der Waals surface area (Å²) in [4.78, 5) is 25.9. The van der Waals surface area contributed by atoms with Crippen molar-refractivity contribution in [1.82, 2.24) is 0 Å². The number of hydrogen-bond donors (Lipinski definition) is 0. The molecule has 0 saturated heterocycles. The molecule has 7 rings (SSSR count). The number of carbonyl (C=O) groups is 2. The maximum Gasteiger partial charge on any atom is 0.193 e. The molecule has 7 aromatic carbocycles. The Morgan fingerprint density at radius 3 is 0.759 bits per heavy atom. The lowest BCUT2D eigenvalue weighted by atomic mass is 10.0. The predicted octanol–water partition coefficient (Wildman–Crippen LogP) is 15.3. The molecule has 0 saturated carbocycles. The molecule has 7 aromatic rings. The van der Waals surface area contributed by atoms with Gasteiger partial charge < -0.3 is 18.9 Å². The van der Waals surface area contributed by atoms with Crippen molar-refractivity contribution in [2.75, 3.05) is 7.11 Å². The highest BCUT2D eigenvalue weighted by Gasteiger charge is 2.12. The van der Waals surface area contributed by atoms with Crippen LogP contribution in [0.25, 0.3) is 11.1 Å². The summed E-state index contributed by atoms with van der Waals surface area (Å²) >= 11 is 0. The number of benzene rings is 7. The van der Waals surface area contributed by atoms with Crippen molar-refractivity contribution in [3.63, 3.8) is 0 Å². The quantitative estimate of drug-likeness (QED) is 0.115. The van der Waals surface area contributed by atoms with Crippen molar-refractivity contribution in [3.05, 3.63) is 198 Å². The summed E-state index contributed by atoms with van der Waals surface area (Å²) in [5, 5.41) is 0. The van der Waals surface area contributed by atoms with Crippen LogP contribution in [0, 0.1) is 6.92 Å². The van der Waals surface area contributed by atoms with Crippen LogP contribution in [0.5, 0.6) is 40.2 Å². The van der Waals surface area contributed by atoms with Crippen LogP contribution < -0.4 is 18.9 Å². The number of hydrogen-bond acceptors (Lipinski definition) is 6. The second-order valence-corrected chi connectivity index (χ2v) is 12.1. The van der Waals surface area contributed by atoms with Gasteiger partial charge in [0.2, 0.25) is 0 Å². The highest BCUT2D eigenvalue weighted by molar-refractivity contribution is 6.09. The molecule has 0 heterocycles. The van der Waals surface area contributed by atoms with Gasteiger partial charge in [0.25, 0.3) is 0 Å². The van der Waals surface area contributed by atoms with Gasteiger partial charge in [-0.2, -0.15) is 0 Å². The second-order valence-electron chi connectivity index (χ2n) is 12.1. The van der Waals surface area contributed by atoms with Crippen molar-refractivity contribution in [2.24, 2.45) is 0 Å². The van der Waals surface area contributed by atoms with Gasteiger partial charge >= 0.3 is 0 Å². The minimum absolute atomic E-state index is 0. The highest BCUT2D eigenvalue weighted by Crippen LogP contribution is 2.30. The maximum atomic E-state index is 13.1. The van der Waals surface area contributed by atoms with Gasteiger partial charge in [-0.1, -0.05) is 86.5 Å². The molecule has 0 aliphatic heterocycles. The van der Waals surface area contributed by atoms with Gasteiger partial charge in [-0.15, -0.1) is 0 Å². The van der Waals surface area contributed by atoms with E-state index in [1.165, 1.54) is 0 Å². The van der Waals surface area contributed by atoms with Crippen molar-refractivity contribution in [1.29, 1.82) is 0 Å². The predicted molar refractivity (Wildman–Crippen MR) is 243 cm³/mol. The third-order valence-electron chi connectivity index (χ3n) is 8.47. The van der Waals surface area contributed by atoms with Crippen LogP contribution in [0.2, 0.25) is 0 Å². The Balaban J connectivity index is 0.00000280. The van der Waals surface area contributed by atoms with E-state index in [1.54, 1.807) is 104 Å². The normalized spacial score (nSPS) is 9.55. The van der Waals surface area contributed by atoms with E-state index in [9.17, 15) is 9.59 Å². The van der Waals surface area contributed by atoms with Gasteiger partial charge in [-0.3, -0.25) is 9.59 Å². The molecule has 58 heavy (non-hydrogen) atoms. The average molecular weight is 779 g/mol. The average Bonchev–Trinajstić information content (AvgIpc) is 3.20. The number of ketones is 2. The van der Waals surface area contributed by atoms with Crippen molar-refractivity contribution < 1.29 is 28.5 Å². The Morgan fingerprint density at radius 1 is 0.310 bits per heavy atom. The smallest absolute Gasteiger partial charge is 0.193 e. The number of methoxy groups -OCH3 is 1. The van der Waals surface area contributed by atoms with Crippen molar-refractivity contribution in [3.8, 4) is 51.4 Å². The minimum atomic E-state index is -0.0793. The molecule has 0 unspecified atom stereocenters. The van der Waals surface area contributed by atoms with Crippen molar-refractivity contribution >= 4 is 11.6 Å². The van der Waals surface area contributed by atoms with Gasteiger partial charge in [-0.05, 0) is 152 Å². The van der Waals surface area contributed by atoms with Crippen LogP contribution in [-0.4, -0.2) is 18.7 Å². The Labute approximate surface area is 346 Å². The molecule has 0 aromatic heterocycles. The molecule has 0 fully saturated rings. The molecule has 0 amide bonds. The largest absolute Gasteiger partial charge is 0.497 e. The van der Waals surface area contributed by atoms with E-state index >= 15 is 0 Å². The summed E-state index contributed by atoms with van der Waals surface area (Å²) in [5.74, 6) is 4.60. The zero-order valence-corrected chi connectivity index (χ0v) is 28.6. The Hall–Kier alpha value is -6.92. The van der Waals surface area contributed by atoms with E-state index in [2.05, 4.69) is 0 Å². The molecule has 0 aliphatic rings. The van der Waals surface area contributed by atoms with E-state index in [0.717, 1.165) is 22.4 Å². The van der Waals surface area contributed by atoms with Gasteiger partial charge in [0.05, 0.1) is 7.11 Å². The molecule has 302 valence electrons. The molecule has 0 atom stereocenters. The number of carbonyl (C=O) groups excluding carboxylic acids is 2. The van der Waals surface area contributed by atoms with Crippen molar-refractivity contribution in [2.45, 2.75) is 51.5 Å². The zero-order valence-electron chi connectivity index (χ0n) is 28.6. The van der Waals surface area contributed by atoms with E-state index in [-0.39, 0.29) is 56.1 Å². The molecule has 0 N–H and O–H groups in total. The Bertz CT molecular complexity index is 2270. The molecule has 6 heteroatoms. The molecular weight excluding hydrogens is 721 g/mol. The molecule has 0 aliphatic carbocycles. The van der Waals surface area contributed by atoms with Gasteiger partial charge in [0, 0.05) is 22.3 Å². The molecule has 0 radical (unpaired) electrons. The number of ether oxygens (including phenoxy) is 4. The summed E-state index contributed by atoms with van der Waals surface area (Å²) in [6, 6.07) is 51.8. The lowest BCUT2D eigenvalue weighted by Crippen LogP contribution is -2.01. The summed E-state index contributed by atoms with van der Waals surface area (Å²) in [7, 11) is 1.59. The third kappa shape index (κ3) is 12.0.